The van der Waals surface area contributed by atoms with Crippen LogP contribution in [0.4, 0.5) is 0 Å². The Bertz CT molecular complexity index is 259. The SMILES string of the molecule is C=CCCC1(CC=C)CCCN(C)C1=O. The summed E-state index contributed by atoms with van der Waals surface area (Å²) in [6, 6.07) is 0. The van der Waals surface area contributed by atoms with E-state index >= 15 is 0 Å². The third-order valence-corrected chi connectivity index (χ3v) is 3.31. The molecule has 0 aromatic rings. The standard InChI is InChI=1S/C13H21NO/c1-4-6-9-13(8-5-2)10-7-11-14(3)12(13)15/h4-5H,1-2,6-11H2,3H3. The van der Waals surface area contributed by atoms with Crippen LogP contribution in [0.1, 0.15) is 32.1 Å². The smallest absolute Gasteiger partial charge is 0.228 e. The molecule has 0 aliphatic carbocycles. The zero-order chi connectivity index (χ0) is 11.3. The van der Waals surface area contributed by atoms with Crippen LogP contribution in [0.5, 0.6) is 0 Å². The summed E-state index contributed by atoms with van der Waals surface area (Å²) < 4.78 is 0. The first kappa shape index (κ1) is 12.0. The Kier molecular flexibility index (Phi) is 4.13. The highest BCUT2D eigenvalue weighted by molar-refractivity contribution is 5.83. The molecule has 84 valence electrons. The summed E-state index contributed by atoms with van der Waals surface area (Å²) in [7, 11) is 1.90. The van der Waals surface area contributed by atoms with Crippen molar-refractivity contribution in [1.29, 1.82) is 0 Å². The Morgan fingerprint density at radius 1 is 1.47 bits per heavy atom. The van der Waals surface area contributed by atoms with Crippen LogP contribution in [-0.4, -0.2) is 24.4 Å². The van der Waals surface area contributed by atoms with Crippen LogP contribution in [0.3, 0.4) is 0 Å². The fourth-order valence-electron chi connectivity index (χ4n) is 2.45. The van der Waals surface area contributed by atoms with Crippen molar-refractivity contribution in [2.24, 2.45) is 5.41 Å². The van der Waals surface area contributed by atoms with Crippen molar-refractivity contribution in [3.8, 4) is 0 Å². The molecule has 1 heterocycles. The second kappa shape index (κ2) is 5.15. The zero-order valence-electron chi connectivity index (χ0n) is 9.67. The molecule has 1 fully saturated rings. The fraction of sp³-hybridized carbons (Fsp3) is 0.615. The first-order valence-electron chi connectivity index (χ1n) is 5.63. The predicted octanol–water partition coefficient (Wildman–Crippen LogP) is 2.77. The summed E-state index contributed by atoms with van der Waals surface area (Å²) in [6.07, 6.45) is 8.49. The lowest BCUT2D eigenvalue weighted by Gasteiger charge is -2.39. The minimum Gasteiger partial charge on any atom is -0.345 e. The molecule has 0 N–H and O–H groups in total. The Balaban J connectivity index is 2.81. The molecule has 1 unspecified atom stereocenters. The first-order valence-corrected chi connectivity index (χ1v) is 5.63. The van der Waals surface area contributed by atoms with Crippen LogP contribution < -0.4 is 0 Å². The number of hydrogen-bond donors (Lipinski definition) is 0. The van der Waals surface area contributed by atoms with Crippen molar-refractivity contribution < 1.29 is 4.79 Å². The van der Waals surface area contributed by atoms with E-state index in [0.29, 0.717) is 0 Å². The molecule has 2 nitrogen and oxygen atoms in total. The quantitative estimate of drug-likeness (QED) is 0.635. The summed E-state index contributed by atoms with van der Waals surface area (Å²) >= 11 is 0. The summed E-state index contributed by atoms with van der Waals surface area (Å²) in [5.41, 5.74) is -0.192. The maximum atomic E-state index is 12.2. The molecule has 0 aromatic heterocycles. The number of allylic oxidation sites excluding steroid dienone is 2. The minimum absolute atomic E-state index is 0.192. The molecule has 1 amide bonds. The van der Waals surface area contributed by atoms with E-state index in [1.165, 1.54) is 0 Å². The van der Waals surface area contributed by atoms with Crippen LogP contribution in [-0.2, 0) is 4.79 Å². The van der Waals surface area contributed by atoms with Gasteiger partial charge in [-0.1, -0.05) is 12.2 Å². The van der Waals surface area contributed by atoms with Crippen molar-refractivity contribution in [2.75, 3.05) is 13.6 Å². The molecule has 2 heteroatoms. The van der Waals surface area contributed by atoms with Gasteiger partial charge in [0.2, 0.25) is 5.91 Å². The monoisotopic (exact) mass is 207 g/mol. The van der Waals surface area contributed by atoms with Gasteiger partial charge >= 0.3 is 0 Å². The predicted molar refractivity (Wildman–Crippen MR) is 63.5 cm³/mol. The van der Waals surface area contributed by atoms with E-state index in [4.69, 9.17) is 0 Å². The summed E-state index contributed by atoms with van der Waals surface area (Å²) in [4.78, 5) is 14.0. The molecule has 1 saturated heterocycles. The largest absolute Gasteiger partial charge is 0.345 e. The van der Waals surface area contributed by atoms with Gasteiger partial charge < -0.3 is 4.90 Å². The molecule has 1 atom stereocenters. The van der Waals surface area contributed by atoms with Gasteiger partial charge in [-0.15, -0.1) is 13.2 Å². The van der Waals surface area contributed by atoms with Gasteiger partial charge in [0, 0.05) is 13.6 Å². The molecule has 1 rings (SSSR count). The third-order valence-electron chi connectivity index (χ3n) is 3.31. The number of rotatable bonds is 5. The van der Waals surface area contributed by atoms with Gasteiger partial charge in [-0.25, -0.2) is 0 Å². The van der Waals surface area contributed by atoms with Crippen molar-refractivity contribution >= 4 is 5.91 Å². The lowest BCUT2D eigenvalue weighted by Crippen LogP contribution is -2.46. The normalized spacial score (nSPS) is 26.5. The molecule has 1 aliphatic rings. The van der Waals surface area contributed by atoms with Crippen LogP contribution in [0.25, 0.3) is 0 Å². The average molecular weight is 207 g/mol. The van der Waals surface area contributed by atoms with E-state index in [1.807, 2.05) is 24.1 Å². The highest BCUT2D eigenvalue weighted by Gasteiger charge is 2.40. The van der Waals surface area contributed by atoms with Crippen LogP contribution in [0.15, 0.2) is 25.3 Å². The maximum Gasteiger partial charge on any atom is 0.228 e. The molecule has 0 aromatic carbocycles. The summed E-state index contributed by atoms with van der Waals surface area (Å²) in [5.74, 6) is 0.288. The Morgan fingerprint density at radius 3 is 2.80 bits per heavy atom. The van der Waals surface area contributed by atoms with E-state index in [9.17, 15) is 4.79 Å². The second-order valence-electron chi connectivity index (χ2n) is 4.43. The molecule has 1 aliphatic heterocycles. The van der Waals surface area contributed by atoms with E-state index in [0.717, 1.165) is 38.6 Å². The molecular formula is C13H21NO. The van der Waals surface area contributed by atoms with E-state index in [1.54, 1.807) is 0 Å². The van der Waals surface area contributed by atoms with Gasteiger partial charge in [-0.05, 0) is 32.1 Å². The number of amides is 1. The summed E-state index contributed by atoms with van der Waals surface area (Å²) in [6.45, 7) is 8.40. The first-order chi connectivity index (χ1) is 7.16. The van der Waals surface area contributed by atoms with Gasteiger partial charge in [0.15, 0.2) is 0 Å². The number of piperidine rings is 1. The van der Waals surface area contributed by atoms with Crippen molar-refractivity contribution in [1.82, 2.24) is 4.90 Å². The van der Waals surface area contributed by atoms with Gasteiger partial charge in [0.25, 0.3) is 0 Å². The Morgan fingerprint density at radius 2 is 2.20 bits per heavy atom. The molecule has 0 radical (unpaired) electrons. The highest BCUT2D eigenvalue weighted by Crippen LogP contribution is 2.39. The van der Waals surface area contributed by atoms with Crippen LogP contribution in [0, 0.1) is 5.41 Å². The highest BCUT2D eigenvalue weighted by atomic mass is 16.2. The van der Waals surface area contributed by atoms with Gasteiger partial charge in [0.05, 0.1) is 5.41 Å². The van der Waals surface area contributed by atoms with E-state index in [-0.39, 0.29) is 11.3 Å². The molecule has 0 saturated carbocycles. The fourth-order valence-corrected chi connectivity index (χ4v) is 2.45. The maximum absolute atomic E-state index is 12.2. The van der Waals surface area contributed by atoms with Gasteiger partial charge in [-0.3, -0.25) is 4.79 Å². The average Bonchev–Trinajstić information content (AvgIpc) is 2.23. The number of nitrogens with zero attached hydrogens (tertiary/aromatic N) is 1. The van der Waals surface area contributed by atoms with Crippen molar-refractivity contribution in [3.05, 3.63) is 25.3 Å². The Hall–Kier alpha value is -1.05. The zero-order valence-corrected chi connectivity index (χ0v) is 9.67. The molecule has 15 heavy (non-hydrogen) atoms. The molecular weight excluding hydrogens is 186 g/mol. The number of carbonyl (C=O) groups excluding carboxylic acids is 1. The number of hydrogen-bond acceptors (Lipinski definition) is 1. The number of likely N-dealkylation sites (tertiary alicyclic amines) is 1. The summed E-state index contributed by atoms with van der Waals surface area (Å²) in [5, 5.41) is 0. The Labute approximate surface area is 92.7 Å². The minimum atomic E-state index is -0.192. The molecule has 0 bridgehead atoms. The third kappa shape index (κ3) is 2.49. The van der Waals surface area contributed by atoms with Gasteiger partial charge in [-0.2, -0.15) is 0 Å². The van der Waals surface area contributed by atoms with Crippen LogP contribution >= 0.6 is 0 Å². The number of carbonyl (C=O) groups is 1. The topological polar surface area (TPSA) is 20.3 Å². The van der Waals surface area contributed by atoms with E-state index in [2.05, 4.69) is 13.2 Å². The second-order valence-corrected chi connectivity index (χ2v) is 4.43. The van der Waals surface area contributed by atoms with Crippen LogP contribution in [0.2, 0.25) is 0 Å². The van der Waals surface area contributed by atoms with Crippen molar-refractivity contribution in [2.45, 2.75) is 32.1 Å². The lowest BCUT2D eigenvalue weighted by atomic mass is 9.73. The van der Waals surface area contributed by atoms with Crippen molar-refractivity contribution in [3.63, 3.8) is 0 Å². The van der Waals surface area contributed by atoms with E-state index < -0.39 is 0 Å². The lowest BCUT2D eigenvalue weighted by molar-refractivity contribution is -0.145. The van der Waals surface area contributed by atoms with Gasteiger partial charge in [0.1, 0.15) is 0 Å². The molecule has 0 spiro atoms.